The van der Waals surface area contributed by atoms with Crippen molar-refractivity contribution in [3.63, 3.8) is 0 Å². The first-order chi connectivity index (χ1) is 20.8. The molecule has 3 aliphatic rings. The van der Waals surface area contributed by atoms with Crippen LogP contribution in [0.5, 0.6) is 5.75 Å². The average molecular weight is 607 g/mol. The lowest BCUT2D eigenvalue weighted by atomic mass is 9.81. The number of hydrogen-bond acceptors (Lipinski definition) is 6. The molecule has 3 saturated carbocycles. The molecule has 8 nitrogen and oxygen atoms in total. The molecule has 3 aromatic rings. The Morgan fingerprint density at radius 2 is 1.56 bits per heavy atom. The number of aromatic nitrogens is 1. The fraction of sp³-hybridized carbons (Fsp3) is 0.529. The van der Waals surface area contributed by atoms with Gasteiger partial charge in [0, 0.05) is 23.0 Å². The zero-order chi connectivity index (χ0) is 30.2. The summed E-state index contributed by atoms with van der Waals surface area (Å²) in [6.45, 7) is 0.426. The number of benzene rings is 2. The Labute approximate surface area is 254 Å². The third kappa shape index (κ3) is 5.80. The monoisotopic (exact) mass is 606 g/mol. The Hall–Kier alpha value is -3.33. The summed E-state index contributed by atoms with van der Waals surface area (Å²) in [5.74, 6) is 0.271. The van der Waals surface area contributed by atoms with E-state index in [0.717, 1.165) is 85.7 Å². The minimum atomic E-state index is -3.78. The van der Waals surface area contributed by atoms with Crippen molar-refractivity contribution in [2.45, 2.75) is 94.8 Å². The highest BCUT2D eigenvalue weighted by atomic mass is 32.2. The Morgan fingerprint density at radius 3 is 2.16 bits per heavy atom. The van der Waals surface area contributed by atoms with Crippen molar-refractivity contribution in [3.8, 4) is 17.0 Å². The number of ether oxygens (including phenoxy) is 2. The van der Waals surface area contributed by atoms with Gasteiger partial charge in [-0.15, -0.1) is 0 Å². The summed E-state index contributed by atoms with van der Waals surface area (Å²) < 4.78 is 41.5. The van der Waals surface area contributed by atoms with E-state index in [2.05, 4.69) is 21.4 Å². The lowest BCUT2D eigenvalue weighted by molar-refractivity contribution is -0.147. The number of esters is 1. The molecule has 0 aliphatic heterocycles. The molecule has 1 aromatic heterocycles. The van der Waals surface area contributed by atoms with Crippen LogP contribution in [0.4, 0.5) is 0 Å². The number of sulfonamides is 1. The number of hydrogen-bond donors (Lipinski definition) is 1. The van der Waals surface area contributed by atoms with Crippen molar-refractivity contribution in [2.24, 2.45) is 5.41 Å². The van der Waals surface area contributed by atoms with E-state index in [-0.39, 0.29) is 5.97 Å². The first-order valence-electron chi connectivity index (χ1n) is 15.7. The molecular formula is C34H42N2O6S. The van der Waals surface area contributed by atoms with Crippen LogP contribution in [0.25, 0.3) is 22.2 Å². The normalized spacial score (nSPS) is 19.2. The van der Waals surface area contributed by atoms with E-state index in [4.69, 9.17) is 9.47 Å². The first-order valence-corrected chi connectivity index (χ1v) is 17.3. The maximum atomic E-state index is 13.5. The predicted octanol–water partition coefficient (Wildman–Crippen LogP) is 6.71. The largest absolute Gasteiger partial charge is 0.497 e. The van der Waals surface area contributed by atoms with Gasteiger partial charge in [0.25, 0.3) is 5.91 Å². The third-order valence-electron chi connectivity index (χ3n) is 9.90. The molecule has 1 amide bonds. The van der Waals surface area contributed by atoms with Crippen LogP contribution in [0.1, 0.15) is 98.9 Å². The molecule has 1 heterocycles. The van der Waals surface area contributed by atoms with Crippen molar-refractivity contribution in [2.75, 3.05) is 14.2 Å². The number of carbonyl (C=O) groups is 2. The zero-order valence-corrected chi connectivity index (χ0v) is 26.0. The van der Waals surface area contributed by atoms with E-state index in [0.29, 0.717) is 30.9 Å². The Balaban J connectivity index is 1.49. The molecular weight excluding hydrogens is 564 g/mol. The molecule has 3 fully saturated rings. The van der Waals surface area contributed by atoms with Crippen LogP contribution in [0, 0.1) is 5.41 Å². The van der Waals surface area contributed by atoms with Crippen LogP contribution in [0.3, 0.4) is 0 Å². The molecule has 0 unspecified atom stereocenters. The maximum Gasteiger partial charge on any atom is 0.313 e. The summed E-state index contributed by atoms with van der Waals surface area (Å²) in [6.07, 6.45) is 11.1. The number of nitrogens with zero attached hydrogens (tertiary/aromatic N) is 1. The number of rotatable bonds is 9. The quantitative estimate of drug-likeness (QED) is 0.272. The second-order valence-corrected chi connectivity index (χ2v) is 14.6. The number of carbonyl (C=O) groups excluding carboxylic acids is 2. The molecule has 230 valence electrons. The van der Waals surface area contributed by atoms with Gasteiger partial charge in [0.05, 0.1) is 30.6 Å². The number of amides is 1. The van der Waals surface area contributed by atoms with E-state index < -0.39 is 26.6 Å². The first kappa shape index (κ1) is 29.7. The van der Waals surface area contributed by atoms with E-state index in [1.807, 2.05) is 24.3 Å². The van der Waals surface area contributed by atoms with Gasteiger partial charge in [0.15, 0.2) is 0 Å². The van der Waals surface area contributed by atoms with Crippen LogP contribution in [0.15, 0.2) is 42.5 Å². The second-order valence-electron chi connectivity index (χ2n) is 12.7. The van der Waals surface area contributed by atoms with E-state index in [1.165, 1.54) is 19.1 Å². The zero-order valence-electron chi connectivity index (χ0n) is 25.2. The summed E-state index contributed by atoms with van der Waals surface area (Å²) in [5.41, 5.74) is 3.82. The van der Waals surface area contributed by atoms with Gasteiger partial charge < -0.3 is 14.0 Å². The fourth-order valence-corrected chi connectivity index (χ4v) is 8.79. The van der Waals surface area contributed by atoms with E-state index in [9.17, 15) is 18.0 Å². The van der Waals surface area contributed by atoms with Gasteiger partial charge in [-0.05, 0) is 92.0 Å². The average Bonchev–Trinajstić information content (AvgIpc) is 3.76. The molecule has 0 bridgehead atoms. The van der Waals surface area contributed by atoms with Gasteiger partial charge in [0.2, 0.25) is 10.0 Å². The summed E-state index contributed by atoms with van der Waals surface area (Å²) in [4.78, 5) is 26.4. The number of fused-ring (bicyclic) bond motifs is 1. The molecule has 9 heteroatoms. The minimum Gasteiger partial charge on any atom is -0.497 e. The Kier molecular flexibility index (Phi) is 8.28. The topological polar surface area (TPSA) is 104 Å². The molecule has 0 spiro atoms. The highest BCUT2D eigenvalue weighted by Crippen LogP contribution is 2.51. The molecule has 0 radical (unpaired) electrons. The van der Waals surface area contributed by atoms with Crippen molar-refractivity contribution in [3.05, 3.63) is 53.6 Å². The van der Waals surface area contributed by atoms with Crippen molar-refractivity contribution < 1.29 is 27.5 Å². The summed E-state index contributed by atoms with van der Waals surface area (Å²) in [5, 5.41) is 0.511. The van der Waals surface area contributed by atoms with Gasteiger partial charge in [-0.2, -0.15) is 0 Å². The minimum absolute atomic E-state index is 0.221. The highest BCUT2D eigenvalue weighted by Gasteiger charge is 2.52. The van der Waals surface area contributed by atoms with Crippen LogP contribution in [-0.2, 0) is 26.1 Å². The van der Waals surface area contributed by atoms with Crippen LogP contribution < -0.4 is 9.46 Å². The molecule has 43 heavy (non-hydrogen) atoms. The van der Waals surface area contributed by atoms with Gasteiger partial charge in [-0.1, -0.05) is 44.6 Å². The van der Waals surface area contributed by atoms with E-state index in [1.54, 1.807) is 13.2 Å². The number of nitrogens with one attached hydrogen (secondary N) is 1. The molecule has 1 N–H and O–H groups in total. The van der Waals surface area contributed by atoms with Gasteiger partial charge in [-0.25, -0.2) is 13.1 Å². The smallest absolute Gasteiger partial charge is 0.313 e. The van der Waals surface area contributed by atoms with Crippen molar-refractivity contribution in [1.29, 1.82) is 0 Å². The lowest BCUT2D eigenvalue weighted by Gasteiger charge is -2.24. The SMILES string of the molecule is COC(=O)C1(Cn2c(-c3ccc(OC)cc3)c(C3CCCCC3)c3ccc(C(=O)NS(=O)(=O)C4CCCCC4)cc32)CC1. The lowest BCUT2D eigenvalue weighted by Crippen LogP contribution is -2.39. The van der Waals surface area contributed by atoms with Crippen molar-refractivity contribution >= 4 is 32.8 Å². The summed E-state index contributed by atoms with van der Waals surface area (Å²) in [6, 6.07) is 13.5. The van der Waals surface area contributed by atoms with Crippen molar-refractivity contribution in [1.82, 2.24) is 9.29 Å². The summed E-state index contributed by atoms with van der Waals surface area (Å²) in [7, 11) is -0.696. The molecule has 0 atom stereocenters. The molecule has 6 rings (SSSR count). The molecule has 0 saturated heterocycles. The van der Waals surface area contributed by atoms with Gasteiger partial charge in [-0.3, -0.25) is 9.59 Å². The standard InChI is InChI=1S/C34H42N2O6S/c1-41-26-16-13-24(14-17-26)31-30(23-9-5-3-6-10-23)28-18-15-25(32(37)35-43(39,40)27-11-7-4-8-12-27)21-29(28)36(31)22-34(19-20-34)33(38)42-2/h13-18,21,23,27H,3-12,19-20,22H2,1-2H3,(H,35,37). The predicted molar refractivity (Wildman–Crippen MR) is 167 cm³/mol. The third-order valence-corrected chi connectivity index (χ3v) is 11.7. The highest BCUT2D eigenvalue weighted by molar-refractivity contribution is 7.90. The van der Waals surface area contributed by atoms with Crippen LogP contribution in [0.2, 0.25) is 0 Å². The molecule has 3 aliphatic carbocycles. The fourth-order valence-electron chi connectivity index (χ4n) is 7.29. The number of methoxy groups -OCH3 is 2. The summed E-state index contributed by atoms with van der Waals surface area (Å²) >= 11 is 0. The Bertz CT molecular complexity index is 1610. The van der Waals surface area contributed by atoms with Crippen LogP contribution >= 0.6 is 0 Å². The van der Waals surface area contributed by atoms with Crippen LogP contribution in [-0.4, -0.2) is 44.3 Å². The Morgan fingerprint density at radius 1 is 0.907 bits per heavy atom. The maximum absolute atomic E-state index is 13.5. The molecule has 2 aromatic carbocycles. The van der Waals surface area contributed by atoms with Gasteiger partial charge in [0.1, 0.15) is 5.75 Å². The van der Waals surface area contributed by atoms with E-state index >= 15 is 0 Å². The second kappa shape index (κ2) is 12.0. The van der Waals surface area contributed by atoms with Gasteiger partial charge >= 0.3 is 5.97 Å².